The number of methoxy groups -OCH3 is 1. The highest BCUT2D eigenvalue weighted by Gasteiger charge is 2.48. The molecule has 2 aliphatic carbocycles. The molecule has 5 nitrogen and oxygen atoms in total. The smallest absolute Gasteiger partial charge is 0.228 e. The third kappa shape index (κ3) is 2.92. The number of carbonyl (C=O) groups is 2. The Morgan fingerprint density at radius 3 is 2.35 bits per heavy atom. The predicted molar refractivity (Wildman–Crippen MR) is 74.4 cm³/mol. The number of amides is 2. The molecule has 0 saturated heterocycles. The Hall–Kier alpha value is -2.04. The van der Waals surface area contributed by atoms with Crippen molar-refractivity contribution in [2.24, 2.45) is 11.8 Å². The van der Waals surface area contributed by atoms with Gasteiger partial charge >= 0.3 is 0 Å². The first-order valence-corrected chi connectivity index (χ1v) is 6.92. The normalized spacial score (nSPS) is 23.9. The molecular formula is C15H18N2O3. The highest BCUT2D eigenvalue weighted by molar-refractivity contribution is 5.99. The molecular weight excluding hydrogens is 256 g/mol. The Balaban J connectivity index is 1.50. The number of rotatable bonds is 5. The van der Waals surface area contributed by atoms with Crippen LogP contribution in [0.2, 0.25) is 0 Å². The van der Waals surface area contributed by atoms with Crippen molar-refractivity contribution < 1.29 is 14.3 Å². The minimum Gasteiger partial charge on any atom is -0.497 e. The molecule has 5 heteroatoms. The van der Waals surface area contributed by atoms with Crippen molar-refractivity contribution >= 4 is 17.5 Å². The Kier molecular flexibility index (Phi) is 3.34. The molecule has 2 amide bonds. The summed E-state index contributed by atoms with van der Waals surface area (Å²) in [6.07, 6.45) is 2.79. The lowest BCUT2D eigenvalue weighted by molar-refractivity contribution is -0.125. The molecule has 1 aromatic carbocycles. The average molecular weight is 274 g/mol. The number of carbonyl (C=O) groups excluding carboxylic acids is 2. The number of benzene rings is 1. The quantitative estimate of drug-likeness (QED) is 0.856. The Bertz CT molecular complexity index is 522. The maximum atomic E-state index is 12.0. The van der Waals surface area contributed by atoms with Gasteiger partial charge in [0.05, 0.1) is 18.9 Å². The summed E-state index contributed by atoms with van der Waals surface area (Å²) in [6, 6.07) is 7.52. The largest absolute Gasteiger partial charge is 0.497 e. The first-order valence-electron chi connectivity index (χ1n) is 6.92. The van der Waals surface area contributed by atoms with Crippen LogP contribution in [0, 0.1) is 11.8 Å². The minimum atomic E-state index is -0.184. The van der Waals surface area contributed by atoms with E-state index in [-0.39, 0.29) is 23.7 Å². The fraction of sp³-hybridized carbons (Fsp3) is 0.467. The van der Waals surface area contributed by atoms with E-state index in [9.17, 15) is 9.59 Å². The van der Waals surface area contributed by atoms with Crippen LogP contribution >= 0.6 is 0 Å². The molecule has 2 aliphatic rings. The van der Waals surface area contributed by atoms with Crippen molar-refractivity contribution in [1.29, 1.82) is 0 Å². The topological polar surface area (TPSA) is 67.4 Å². The van der Waals surface area contributed by atoms with Gasteiger partial charge in [-0.3, -0.25) is 9.59 Å². The lowest BCUT2D eigenvalue weighted by Crippen LogP contribution is -2.29. The Morgan fingerprint density at radius 2 is 1.75 bits per heavy atom. The fourth-order valence-electron chi connectivity index (χ4n) is 2.22. The van der Waals surface area contributed by atoms with Crippen LogP contribution in [0.3, 0.4) is 0 Å². The fourth-order valence-corrected chi connectivity index (χ4v) is 2.22. The van der Waals surface area contributed by atoms with E-state index >= 15 is 0 Å². The molecule has 0 heterocycles. The molecule has 0 aliphatic heterocycles. The lowest BCUT2D eigenvalue weighted by atomic mass is 10.2. The maximum absolute atomic E-state index is 12.0. The molecule has 2 unspecified atom stereocenters. The van der Waals surface area contributed by atoms with E-state index < -0.39 is 0 Å². The van der Waals surface area contributed by atoms with E-state index in [1.807, 2.05) is 0 Å². The van der Waals surface area contributed by atoms with Crippen LogP contribution in [0.4, 0.5) is 5.69 Å². The molecule has 106 valence electrons. The van der Waals surface area contributed by atoms with Crippen LogP contribution in [0.1, 0.15) is 19.3 Å². The highest BCUT2D eigenvalue weighted by atomic mass is 16.5. The average Bonchev–Trinajstić information content (AvgIpc) is 3.33. The molecule has 2 atom stereocenters. The summed E-state index contributed by atoms with van der Waals surface area (Å²) in [7, 11) is 1.60. The van der Waals surface area contributed by atoms with E-state index in [1.54, 1.807) is 31.4 Å². The third-order valence-electron chi connectivity index (χ3n) is 3.75. The number of hydrogen-bond donors (Lipinski definition) is 2. The van der Waals surface area contributed by atoms with Crippen molar-refractivity contribution in [3.8, 4) is 5.75 Å². The zero-order valence-electron chi connectivity index (χ0n) is 11.4. The number of nitrogens with one attached hydrogen (secondary N) is 2. The predicted octanol–water partition coefficient (Wildman–Crippen LogP) is 1.55. The van der Waals surface area contributed by atoms with Crippen molar-refractivity contribution in [3.05, 3.63) is 24.3 Å². The standard InChI is InChI=1S/C15H18N2O3/c1-20-11-6-4-10(5-7-11)17-15(19)13-8-12(13)14(18)16-9-2-3-9/h4-7,9,12-13H,2-3,8H2,1H3,(H,16,18)(H,17,19). The van der Waals surface area contributed by atoms with Crippen LogP contribution in [-0.2, 0) is 9.59 Å². The first kappa shape index (κ1) is 13.0. The van der Waals surface area contributed by atoms with Gasteiger partial charge in [-0.1, -0.05) is 0 Å². The van der Waals surface area contributed by atoms with Gasteiger partial charge in [-0.05, 0) is 43.5 Å². The van der Waals surface area contributed by atoms with Crippen molar-refractivity contribution in [1.82, 2.24) is 5.32 Å². The molecule has 0 spiro atoms. The van der Waals surface area contributed by atoms with Crippen molar-refractivity contribution in [2.75, 3.05) is 12.4 Å². The van der Waals surface area contributed by atoms with Crippen molar-refractivity contribution in [2.45, 2.75) is 25.3 Å². The summed E-state index contributed by atoms with van der Waals surface area (Å²) >= 11 is 0. The van der Waals surface area contributed by atoms with Crippen LogP contribution in [0.25, 0.3) is 0 Å². The van der Waals surface area contributed by atoms with Crippen LogP contribution in [0.15, 0.2) is 24.3 Å². The summed E-state index contributed by atoms with van der Waals surface area (Å²) in [6.45, 7) is 0. The van der Waals surface area contributed by atoms with E-state index in [4.69, 9.17) is 4.74 Å². The lowest BCUT2D eigenvalue weighted by Gasteiger charge is -2.06. The van der Waals surface area contributed by atoms with Gasteiger partial charge < -0.3 is 15.4 Å². The molecule has 3 rings (SSSR count). The second-order valence-electron chi connectivity index (χ2n) is 5.45. The molecule has 1 aromatic rings. The number of anilines is 1. The van der Waals surface area contributed by atoms with Gasteiger partial charge in [0, 0.05) is 11.7 Å². The summed E-state index contributed by atoms with van der Waals surface area (Å²) in [4.78, 5) is 23.8. The van der Waals surface area contributed by atoms with Gasteiger partial charge in [0.2, 0.25) is 11.8 Å². The molecule has 2 fully saturated rings. The Morgan fingerprint density at radius 1 is 1.10 bits per heavy atom. The van der Waals surface area contributed by atoms with Crippen LogP contribution in [-0.4, -0.2) is 25.0 Å². The highest BCUT2D eigenvalue weighted by Crippen LogP contribution is 2.40. The van der Waals surface area contributed by atoms with Gasteiger partial charge in [0.15, 0.2) is 0 Å². The second kappa shape index (κ2) is 5.15. The summed E-state index contributed by atoms with van der Waals surface area (Å²) in [5.74, 6) is 0.370. The molecule has 20 heavy (non-hydrogen) atoms. The van der Waals surface area contributed by atoms with Gasteiger partial charge in [0.25, 0.3) is 0 Å². The van der Waals surface area contributed by atoms with E-state index in [1.165, 1.54) is 0 Å². The van der Waals surface area contributed by atoms with Gasteiger partial charge in [-0.15, -0.1) is 0 Å². The van der Waals surface area contributed by atoms with E-state index in [0.29, 0.717) is 12.5 Å². The minimum absolute atomic E-state index is 0.0300. The zero-order chi connectivity index (χ0) is 14.1. The van der Waals surface area contributed by atoms with E-state index in [0.717, 1.165) is 24.3 Å². The molecule has 0 radical (unpaired) electrons. The van der Waals surface area contributed by atoms with Gasteiger partial charge in [0.1, 0.15) is 5.75 Å². The van der Waals surface area contributed by atoms with Gasteiger partial charge in [-0.2, -0.15) is 0 Å². The van der Waals surface area contributed by atoms with Crippen LogP contribution < -0.4 is 15.4 Å². The summed E-state index contributed by atoms with van der Waals surface area (Å²) in [5, 5.41) is 5.78. The first-order chi connectivity index (χ1) is 9.67. The maximum Gasteiger partial charge on any atom is 0.228 e. The van der Waals surface area contributed by atoms with E-state index in [2.05, 4.69) is 10.6 Å². The van der Waals surface area contributed by atoms with Crippen LogP contribution in [0.5, 0.6) is 5.75 Å². The Labute approximate surface area is 117 Å². The molecule has 0 aromatic heterocycles. The third-order valence-corrected chi connectivity index (χ3v) is 3.75. The zero-order valence-corrected chi connectivity index (χ0v) is 11.4. The molecule has 0 bridgehead atoms. The monoisotopic (exact) mass is 274 g/mol. The summed E-state index contributed by atoms with van der Waals surface area (Å²) in [5.41, 5.74) is 0.726. The molecule has 2 saturated carbocycles. The number of ether oxygens (including phenoxy) is 1. The van der Waals surface area contributed by atoms with Crippen molar-refractivity contribution in [3.63, 3.8) is 0 Å². The van der Waals surface area contributed by atoms with Gasteiger partial charge in [-0.25, -0.2) is 0 Å². The summed E-state index contributed by atoms with van der Waals surface area (Å²) < 4.78 is 5.06. The number of hydrogen-bond acceptors (Lipinski definition) is 3. The SMILES string of the molecule is COc1ccc(NC(=O)C2CC2C(=O)NC2CC2)cc1. The molecule has 2 N–H and O–H groups in total. The second-order valence-corrected chi connectivity index (χ2v) is 5.45.